The first kappa shape index (κ1) is 17.6. The number of aliphatic hydroxyl groups excluding tert-OH is 1. The van der Waals surface area contributed by atoms with Crippen molar-refractivity contribution < 1.29 is 18.6 Å². The third-order valence-corrected chi connectivity index (χ3v) is 4.54. The maximum Gasteiger partial charge on any atom is 0.190 e. The third kappa shape index (κ3) is 4.89. The molecule has 0 aromatic heterocycles. The zero-order chi connectivity index (χ0) is 16.1. The van der Waals surface area contributed by atoms with Gasteiger partial charge in [0, 0.05) is 17.1 Å². The highest BCUT2D eigenvalue weighted by Crippen LogP contribution is 2.26. The number of ether oxygens (including phenoxy) is 1. The van der Waals surface area contributed by atoms with E-state index in [1.807, 2.05) is 7.05 Å². The van der Waals surface area contributed by atoms with E-state index in [1.54, 1.807) is 0 Å². The van der Waals surface area contributed by atoms with Gasteiger partial charge in [0.1, 0.15) is 12.7 Å². The van der Waals surface area contributed by atoms with Gasteiger partial charge in [-0.25, -0.2) is 8.78 Å². The van der Waals surface area contributed by atoms with Crippen LogP contribution in [-0.2, 0) is 0 Å². The average molecular weight is 378 g/mol. The van der Waals surface area contributed by atoms with Crippen molar-refractivity contribution in [3.63, 3.8) is 0 Å². The number of halogens is 3. The maximum absolute atomic E-state index is 13.6. The molecule has 124 valence electrons. The van der Waals surface area contributed by atoms with Crippen molar-refractivity contribution in [2.45, 2.75) is 44.2 Å². The number of hydrogen-bond donors (Lipinski definition) is 1. The zero-order valence-corrected chi connectivity index (χ0v) is 14.3. The molecule has 1 N–H and O–H groups in total. The first-order chi connectivity index (χ1) is 10.5. The van der Waals surface area contributed by atoms with Gasteiger partial charge >= 0.3 is 0 Å². The van der Waals surface area contributed by atoms with Crippen LogP contribution in [0.5, 0.6) is 5.75 Å². The Balaban J connectivity index is 1.83. The molecule has 1 fully saturated rings. The van der Waals surface area contributed by atoms with Gasteiger partial charge in [0.15, 0.2) is 17.4 Å². The van der Waals surface area contributed by atoms with E-state index < -0.39 is 23.5 Å². The monoisotopic (exact) mass is 377 g/mol. The number of aliphatic hydroxyl groups is 1. The molecule has 1 aliphatic carbocycles. The summed E-state index contributed by atoms with van der Waals surface area (Å²) >= 11 is 3.01. The molecular formula is C16H22BrF2NO2. The molecule has 1 saturated carbocycles. The fourth-order valence-corrected chi connectivity index (χ4v) is 3.30. The zero-order valence-electron chi connectivity index (χ0n) is 12.7. The second kappa shape index (κ2) is 8.22. The van der Waals surface area contributed by atoms with E-state index in [0.717, 1.165) is 25.0 Å². The van der Waals surface area contributed by atoms with Crippen LogP contribution < -0.4 is 4.74 Å². The van der Waals surface area contributed by atoms with Crippen LogP contribution in [0, 0.1) is 11.6 Å². The van der Waals surface area contributed by atoms with Crippen LogP contribution in [0.1, 0.15) is 32.1 Å². The van der Waals surface area contributed by atoms with Gasteiger partial charge in [0.2, 0.25) is 0 Å². The molecule has 0 aliphatic heterocycles. The van der Waals surface area contributed by atoms with Crippen molar-refractivity contribution in [1.29, 1.82) is 0 Å². The number of likely N-dealkylation sites (N-methyl/N-ethyl adjacent to an activating group) is 1. The lowest BCUT2D eigenvalue weighted by molar-refractivity contribution is 0.0537. The minimum atomic E-state index is -0.783. The molecule has 0 heterocycles. The lowest BCUT2D eigenvalue weighted by atomic mass is 9.94. The van der Waals surface area contributed by atoms with E-state index in [0.29, 0.717) is 17.1 Å². The van der Waals surface area contributed by atoms with Crippen LogP contribution in [0.2, 0.25) is 0 Å². The van der Waals surface area contributed by atoms with Gasteiger partial charge < -0.3 is 14.7 Å². The van der Waals surface area contributed by atoms with Crippen molar-refractivity contribution >= 4 is 15.9 Å². The Morgan fingerprint density at radius 3 is 2.45 bits per heavy atom. The molecule has 22 heavy (non-hydrogen) atoms. The largest absolute Gasteiger partial charge is 0.485 e. The first-order valence-electron chi connectivity index (χ1n) is 7.63. The Bertz CT molecular complexity index is 472. The molecule has 1 aromatic rings. The van der Waals surface area contributed by atoms with Crippen LogP contribution in [0.3, 0.4) is 0 Å². The SMILES string of the molecule is CN(C[C@@H](O)COc1c(F)cc(Br)cc1F)C1CCCCC1. The van der Waals surface area contributed by atoms with E-state index in [9.17, 15) is 13.9 Å². The standard InChI is InChI=1S/C16H22BrF2NO2/c1-20(12-5-3-2-4-6-12)9-13(21)10-22-16-14(18)7-11(17)8-15(16)19/h7-8,12-13,21H,2-6,9-10H2,1H3/t13-/m1/s1. The summed E-state index contributed by atoms with van der Waals surface area (Å²) in [6.07, 6.45) is 5.21. The van der Waals surface area contributed by atoms with Crippen molar-refractivity contribution in [3.05, 3.63) is 28.2 Å². The highest BCUT2D eigenvalue weighted by Gasteiger charge is 2.21. The Hall–Kier alpha value is -0.720. The van der Waals surface area contributed by atoms with Crippen molar-refractivity contribution in [3.8, 4) is 5.75 Å². The molecule has 3 nitrogen and oxygen atoms in total. The van der Waals surface area contributed by atoms with Crippen molar-refractivity contribution in [2.24, 2.45) is 0 Å². The Labute approximate surface area is 138 Å². The van der Waals surface area contributed by atoms with Crippen molar-refractivity contribution in [2.75, 3.05) is 20.2 Å². The molecule has 0 unspecified atom stereocenters. The van der Waals surface area contributed by atoms with E-state index >= 15 is 0 Å². The van der Waals surface area contributed by atoms with Gasteiger partial charge in [-0.2, -0.15) is 0 Å². The smallest absolute Gasteiger partial charge is 0.190 e. The van der Waals surface area contributed by atoms with E-state index in [4.69, 9.17) is 4.74 Å². The van der Waals surface area contributed by atoms with Gasteiger partial charge in [-0.1, -0.05) is 35.2 Å². The van der Waals surface area contributed by atoms with E-state index in [1.165, 1.54) is 19.3 Å². The number of nitrogens with zero attached hydrogens (tertiary/aromatic N) is 1. The molecule has 2 rings (SSSR count). The molecule has 0 bridgehead atoms. The normalized spacial score (nSPS) is 17.7. The second-order valence-corrected chi connectivity index (χ2v) is 6.81. The first-order valence-corrected chi connectivity index (χ1v) is 8.42. The van der Waals surface area contributed by atoms with Gasteiger partial charge in [-0.15, -0.1) is 0 Å². The fourth-order valence-electron chi connectivity index (χ4n) is 2.90. The number of hydrogen-bond acceptors (Lipinski definition) is 3. The summed E-state index contributed by atoms with van der Waals surface area (Å²) < 4.78 is 32.7. The van der Waals surface area contributed by atoms with Crippen LogP contribution in [0.4, 0.5) is 8.78 Å². The minimum Gasteiger partial charge on any atom is -0.485 e. The fraction of sp³-hybridized carbons (Fsp3) is 0.625. The molecule has 1 aromatic carbocycles. The van der Waals surface area contributed by atoms with Crippen LogP contribution in [-0.4, -0.2) is 42.4 Å². The van der Waals surface area contributed by atoms with Crippen LogP contribution in [0.15, 0.2) is 16.6 Å². The summed E-state index contributed by atoms with van der Waals surface area (Å²) in [7, 11) is 1.97. The van der Waals surface area contributed by atoms with Crippen LogP contribution >= 0.6 is 15.9 Å². The number of benzene rings is 1. The quantitative estimate of drug-likeness (QED) is 0.819. The molecule has 0 spiro atoms. The van der Waals surface area contributed by atoms with Crippen molar-refractivity contribution in [1.82, 2.24) is 4.90 Å². The molecule has 0 radical (unpaired) electrons. The Morgan fingerprint density at radius 1 is 1.27 bits per heavy atom. The second-order valence-electron chi connectivity index (χ2n) is 5.89. The summed E-state index contributed by atoms with van der Waals surface area (Å²) in [4.78, 5) is 2.11. The van der Waals surface area contributed by atoms with E-state index in [-0.39, 0.29) is 6.61 Å². The molecule has 1 aliphatic rings. The molecular weight excluding hydrogens is 356 g/mol. The van der Waals surface area contributed by atoms with E-state index in [2.05, 4.69) is 20.8 Å². The number of rotatable bonds is 6. The van der Waals surface area contributed by atoms with Gasteiger partial charge in [-0.3, -0.25) is 0 Å². The topological polar surface area (TPSA) is 32.7 Å². The van der Waals surface area contributed by atoms with Gasteiger partial charge in [0.25, 0.3) is 0 Å². The predicted octanol–water partition coefficient (Wildman–Crippen LogP) is 3.73. The minimum absolute atomic E-state index is 0.132. The molecule has 6 heteroatoms. The summed E-state index contributed by atoms with van der Waals surface area (Å²) in [6.45, 7) is 0.303. The van der Waals surface area contributed by atoms with Gasteiger partial charge in [-0.05, 0) is 32.0 Å². The van der Waals surface area contributed by atoms with Crippen LogP contribution in [0.25, 0.3) is 0 Å². The molecule has 0 amide bonds. The summed E-state index contributed by atoms with van der Waals surface area (Å²) in [5, 5.41) is 10.0. The lowest BCUT2D eigenvalue weighted by Crippen LogP contribution is -2.40. The highest BCUT2D eigenvalue weighted by atomic mass is 79.9. The van der Waals surface area contributed by atoms with Gasteiger partial charge in [0.05, 0.1) is 0 Å². The summed E-state index contributed by atoms with van der Waals surface area (Å²) in [5.41, 5.74) is 0. The molecule has 0 saturated heterocycles. The third-order valence-electron chi connectivity index (χ3n) is 4.08. The summed E-state index contributed by atoms with van der Waals surface area (Å²) in [6, 6.07) is 2.75. The average Bonchev–Trinajstić information content (AvgIpc) is 2.47. The Kier molecular flexibility index (Phi) is 6.59. The molecule has 1 atom stereocenters. The lowest BCUT2D eigenvalue weighted by Gasteiger charge is -2.32. The predicted molar refractivity (Wildman–Crippen MR) is 85.1 cm³/mol. The highest BCUT2D eigenvalue weighted by molar-refractivity contribution is 9.10. The Morgan fingerprint density at radius 2 is 1.86 bits per heavy atom. The maximum atomic E-state index is 13.6. The summed E-state index contributed by atoms with van der Waals surface area (Å²) in [5.74, 6) is -2.00.